The average Bonchev–Trinajstić information content (AvgIpc) is 1.66. The highest BCUT2D eigenvalue weighted by molar-refractivity contribution is 8.08. The van der Waals surface area contributed by atoms with Crippen LogP contribution in [0.3, 0.4) is 0 Å². The Balaban J connectivity index is 0.953. The summed E-state index contributed by atoms with van der Waals surface area (Å²) in [6.45, 7) is -18.6. The van der Waals surface area contributed by atoms with Gasteiger partial charge in [0.15, 0.2) is 23.6 Å². The predicted octanol–water partition coefficient (Wildman–Crippen LogP) is -1.20. The molecule has 4 fully saturated rings. The van der Waals surface area contributed by atoms with E-state index in [1.54, 1.807) is 13.8 Å². The molecule has 0 amide bonds. The van der Waals surface area contributed by atoms with Crippen LogP contribution < -0.4 is 45.0 Å². The molecular formula is C47H68N11O29P5S5. The van der Waals surface area contributed by atoms with Crippen LogP contribution in [-0.4, -0.2) is 199 Å². The number of hydrogen-bond acceptors (Lipinski definition) is 32. The Morgan fingerprint density at radius 2 is 0.938 bits per heavy atom. The minimum Gasteiger partial charge on any atom is -0.394 e. The lowest BCUT2D eigenvalue weighted by Crippen LogP contribution is -2.41. The van der Waals surface area contributed by atoms with Crippen molar-refractivity contribution in [2.75, 3.05) is 59.6 Å². The molecule has 9 unspecified atom stereocenters. The van der Waals surface area contributed by atoms with Crippen molar-refractivity contribution in [3.63, 3.8) is 0 Å². The predicted molar refractivity (Wildman–Crippen MR) is 352 cm³/mol. The third kappa shape index (κ3) is 19.1. The Kier molecular flexibility index (Phi) is 25.4. The van der Waals surface area contributed by atoms with Gasteiger partial charge in [0.05, 0.1) is 64.3 Å². The van der Waals surface area contributed by atoms with Crippen LogP contribution in [0.5, 0.6) is 0 Å². The summed E-state index contributed by atoms with van der Waals surface area (Å²) < 4.78 is 98.5. The largest absolute Gasteiger partial charge is 0.394 e. The molecule has 0 bridgehead atoms. The van der Waals surface area contributed by atoms with Gasteiger partial charge in [-0.05, 0) is 93.7 Å². The monoisotopic (exact) mass is 1570 g/mol. The lowest BCUT2D eigenvalue weighted by atomic mass is 10.1. The van der Waals surface area contributed by atoms with Crippen molar-refractivity contribution in [2.45, 2.75) is 140 Å². The molecule has 97 heavy (non-hydrogen) atoms. The van der Waals surface area contributed by atoms with Crippen molar-refractivity contribution < 1.29 is 103 Å². The summed E-state index contributed by atoms with van der Waals surface area (Å²) in [7, 11) is 2.36. The summed E-state index contributed by atoms with van der Waals surface area (Å²) in [6.07, 6.45) is -16.2. The van der Waals surface area contributed by atoms with E-state index in [0.29, 0.717) is 0 Å². The third-order valence-electron chi connectivity index (χ3n) is 14.9. The second-order valence-corrected chi connectivity index (χ2v) is 36.1. The van der Waals surface area contributed by atoms with Crippen LogP contribution in [-0.2, 0) is 133 Å². The van der Waals surface area contributed by atoms with E-state index in [0.717, 1.165) is 33.2 Å². The smallest absolute Gasteiger partial charge is 0.330 e. The van der Waals surface area contributed by atoms with Gasteiger partial charge in [0.1, 0.15) is 61.3 Å². The van der Waals surface area contributed by atoms with Crippen molar-refractivity contribution in [1.29, 1.82) is 0 Å². The van der Waals surface area contributed by atoms with Gasteiger partial charge < -0.3 is 99.9 Å². The maximum absolute atomic E-state index is 13.4. The lowest BCUT2D eigenvalue weighted by Gasteiger charge is -2.30. The maximum atomic E-state index is 13.4. The number of nitrogens with two attached hydrogens (primary N) is 1. The molecule has 4 aliphatic heterocycles. The number of aliphatic hydroxyl groups excluding tert-OH is 1. The van der Waals surface area contributed by atoms with Gasteiger partial charge in [-0.1, -0.05) is 0 Å². The normalized spacial score (nSPS) is 29.2. The highest BCUT2D eigenvalue weighted by Crippen LogP contribution is 2.56. The molecule has 19 atom stereocenters. The van der Waals surface area contributed by atoms with Gasteiger partial charge >= 0.3 is 50.7 Å². The van der Waals surface area contributed by atoms with E-state index in [2.05, 4.69) is 29.9 Å². The second-order valence-electron chi connectivity index (χ2n) is 22.1. The van der Waals surface area contributed by atoms with Crippen molar-refractivity contribution in [1.82, 2.24) is 48.2 Å². The number of hydrogen-bond donors (Lipinski definition) is 11. The molecule has 540 valence electrons. The van der Waals surface area contributed by atoms with Gasteiger partial charge in [-0.15, -0.1) is 0 Å². The molecule has 40 nitrogen and oxygen atoms in total. The van der Waals surface area contributed by atoms with Crippen molar-refractivity contribution in [2.24, 2.45) is 0 Å². The Hall–Kier alpha value is -3.44. The summed E-state index contributed by atoms with van der Waals surface area (Å²) in [5, 5.41) is 9.40. The standard InChI is InChI=1S/C47H68N11O29P5S5/c1-20(2)83-89(68,94)75-15-27-25(11-31(80-27)58-19-49-32-37(58)50-44(48)51-41(32)63)85-90(69,95)76-16-26-24(10-30(79-26)55-12-21(3)38(60)52-45(55)64)84-91(70,96)77-17-28-34(36(73-7)43(81-28)57-14-23(5)40(62)54-47(57)66)87-92(71,97)78-18-29-33(86-88(67,93)74-9-8-59)35(72-6)42(82-29)56-13-22(4)39(61)53-46(56)65/h12-14,19-20,24-31,33-36,42-43,59H,8-11,15-18H2,1-7H3,(H,67,93)(H,68,94)(H,69,95)(H,70,96)(H,71,97)(H,52,60,64)(H,53,61,65)(H,54,62,66)(H3,48,50,51,63)/t24?,25?,26-,27-,28-,29-,30-,31-,33?,34?,35+,36+,42-,43-,88?,89?,90?,91?,92?/m1/s1. The van der Waals surface area contributed by atoms with Crippen LogP contribution in [0.15, 0.2) is 58.5 Å². The average molecular weight is 1570 g/mol. The zero-order valence-corrected chi connectivity index (χ0v) is 60.3. The number of nitrogen functional groups attached to an aromatic ring is 1. The third-order valence-corrected chi connectivity index (χ3v) is 22.9. The van der Waals surface area contributed by atoms with E-state index < -0.39 is 205 Å². The van der Waals surface area contributed by atoms with E-state index in [1.807, 2.05) is 0 Å². The first-order chi connectivity index (χ1) is 45.4. The molecular weight excluding hydrogens is 1500 g/mol. The van der Waals surface area contributed by atoms with Gasteiger partial charge in [-0.25, -0.2) is 19.4 Å². The van der Waals surface area contributed by atoms with Crippen LogP contribution in [0.2, 0.25) is 0 Å². The zero-order valence-electron chi connectivity index (χ0n) is 51.7. The fourth-order valence-corrected chi connectivity index (χ4v) is 18.0. The number of aromatic nitrogens is 10. The van der Waals surface area contributed by atoms with E-state index in [9.17, 15) is 63.1 Å². The molecule has 9 heterocycles. The van der Waals surface area contributed by atoms with Gasteiger partial charge in [-0.2, -0.15) is 4.98 Å². The van der Waals surface area contributed by atoms with Gasteiger partial charge in [0.25, 0.3) is 22.2 Å². The Morgan fingerprint density at radius 3 is 1.37 bits per heavy atom. The number of ether oxygens (including phenoxy) is 6. The van der Waals surface area contributed by atoms with Gasteiger partial charge in [0.2, 0.25) is 5.95 Å². The lowest BCUT2D eigenvalue weighted by molar-refractivity contribution is -0.0640. The van der Waals surface area contributed by atoms with Crippen molar-refractivity contribution in [3.05, 3.63) is 114 Å². The number of nitrogens with one attached hydrogen (secondary N) is 4. The van der Waals surface area contributed by atoms with E-state index >= 15 is 0 Å². The minimum atomic E-state index is -4.73. The molecule has 12 N–H and O–H groups in total. The highest BCUT2D eigenvalue weighted by atomic mass is 32.5. The molecule has 0 radical (unpaired) electrons. The number of aliphatic hydroxyl groups is 1. The fraction of sp³-hybridized carbons (Fsp3) is 0.638. The number of nitrogens with zero attached hydrogens (tertiary/aromatic N) is 6. The minimum absolute atomic E-state index is 0.0101. The fourth-order valence-electron chi connectivity index (χ4n) is 10.6. The first kappa shape index (κ1) is 77.7. The number of rotatable bonds is 31. The summed E-state index contributed by atoms with van der Waals surface area (Å²) in [5.74, 6) is -0.240. The van der Waals surface area contributed by atoms with Crippen LogP contribution in [0.1, 0.15) is 68.3 Å². The number of fused-ring (bicyclic) bond motifs is 1. The van der Waals surface area contributed by atoms with Gasteiger partial charge in [-0.3, -0.25) is 66.4 Å². The second kappa shape index (κ2) is 31.7. The highest BCUT2D eigenvalue weighted by Gasteiger charge is 2.54. The molecule has 4 saturated heterocycles. The molecule has 0 saturated carbocycles. The van der Waals surface area contributed by atoms with Crippen LogP contribution >= 0.6 is 33.6 Å². The van der Waals surface area contributed by atoms with E-state index in [1.165, 1.54) is 45.0 Å². The van der Waals surface area contributed by atoms with Crippen LogP contribution in [0, 0.1) is 20.8 Å². The van der Waals surface area contributed by atoms with Crippen LogP contribution in [0.4, 0.5) is 5.95 Å². The van der Waals surface area contributed by atoms with Gasteiger partial charge in [0, 0.05) is 62.3 Å². The molecule has 0 spiro atoms. The Labute approximate surface area is 571 Å². The molecule has 50 heteroatoms. The molecule has 0 aromatic carbocycles. The first-order valence-corrected chi connectivity index (χ1v) is 41.6. The zero-order chi connectivity index (χ0) is 71.0. The summed E-state index contributed by atoms with van der Waals surface area (Å²) in [4.78, 5) is 165. The summed E-state index contributed by atoms with van der Waals surface area (Å²) >= 11 is 27.0. The van der Waals surface area contributed by atoms with Crippen LogP contribution in [0.25, 0.3) is 11.2 Å². The van der Waals surface area contributed by atoms with Crippen molar-refractivity contribution >= 4 is 110 Å². The number of aryl methyl sites for hydroxylation is 3. The van der Waals surface area contributed by atoms with Crippen molar-refractivity contribution in [3.8, 4) is 0 Å². The molecule has 5 aromatic rings. The summed E-state index contributed by atoms with van der Waals surface area (Å²) in [5.41, 5.74) is 0.200. The quantitative estimate of drug-likeness (QED) is 0.0232. The number of aromatic amines is 4. The molecule has 9 rings (SSSR count). The van der Waals surface area contributed by atoms with E-state index in [4.69, 9.17) is 138 Å². The van der Waals surface area contributed by atoms with E-state index in [-0.39, 0.29) is 46.6 Å². The topological polar surface area (TPSA) is 523 Å². The maximum Gasteiger partial charge on any atom is 0.330 e. The first-order valence-electron chi connectivity index (χ1n) is 28.7. The molecule has 0 aliphatic carbocycles. The number of H-pyrrole nitrogens is 4. The molecule has 5 aromatic heterocycles. The number of anilines is 1. The molecule has 4 aliphatic rings. The Bertz CT molecular complexity index is 4400. The SMILES string of the molecule is CO[C@H]1C(OP(O)(=S)OC[C@H]2O[C@@H](n3cc(C)c(=O)[nH]c3=O)[C@@H](OC)C2OP(O)(=S)OCCO)[C@@H](COP(O)(=S)OC2C[C@H](n3cc(C)c(=O)[nH]c3=O)O[C@@H]2COP(O)(=S)OC2C[C@H](n3cnc4c(=O)[nH]c(N)nc43)O[C@@H]2COP(O)(=S)OC(C)C)O[C@H]1n1cc(C)c(=O)[nH]c1=O. The Morgan fingerprint density at radius 1 is 0.546 bits per heavy atom. The number of methoxy groups -OCH3 is 2. The number of imidazole rings is 1. The summed E-state index contributed by atoms with van der Waals surface area (Å²) in [6, 6.07) is 0.